The number of rotatable bonds is 2. The van der Waals surface area contributed by atoms with E-state index in [2.05, 4.69) is 49.2 Å². The first kappa shape index (κ1) is 11.4. The van der Waals surface area contributed by atoms with Crippen LogP contribution in [0.4, 0.5) is 0 Å². The molecule has 2 heterocycles. The van der Waals surface area contributed by atoms with E-state index in [0.717, 1.165) is 10.3 Å². The third-order valence-corrected chi connectivity index (χ3v) is 3.26. The molecule has 0 fully saturated rings. The van der Waals surface area contributed by atoms with Crippen molar-refractivity contribution in [2.75, 3.05) is 0 Å². The van der Waals surface area contributed by atoms with Gasteiger partial charge in [-0.1, -0.05) is 39.9 Å². The zero-order valence-electron chi connectivity index (χ0n) is 10.2. The van der Waals surface area contributed by atoms with Crippen LogP contribution in [0.5, 0.6) is 0 Å². The smallest absolute Gasteiger partial charge is 0.118 e. The Labute approximate surface area is 101 Å². The zero-order valence-corrected chi connectivity index (χ0v) is 11.1. The highest BCUT2D eigenvalue weighted by Crippen LogP contribution is 2.22. The average Bonchev–Trinajstić information content (AvgIpc) is 2.61. The normalized spacial score (nSPS) is 11.9. The quantitative estimate of drug-likeness (QED) is 0.770. The monoisotopic (exact) mass is 234 g/mol. The summed E-state index contributed by atoms with van der Waals surface area (Å²) in [5.41, 5.74) is 3.68. The number of hydrogen-bond donors (Lipinski definition) is 1. The van der Waals surface area contributed by atoms with Crippen LogP contribution in [0.25, 0.3) is 5.65 Å². The van der Waals surface area contributed by atoms with Crippen molar-refractivity contribution in [2.24, 2.45) is 0 Å². The molecule has 1 N–H and O–H groups in total. The molecule has 16 heavy (non-hydrogen) atoms. The van der Waals surface area contributed by atoms with Gasteiger partial charge in [0.05, 0.1) is 0 Å². The van der Waals surface area contributed by atoms with Gasteiger partial charge in [-0.15, -0.1) is 0 Å². The molecule has 0 bridgehead atoms. The summed E-state index contributed by atoms with van der Waals surface area (Å²) >= 11 is 5.40. The maximum Gasteiger partial charge on any atom is 0.118 e. The van der Waals surface area contributed by atoms with E-state index in [1.807, 2.05) is 6.20 Å². The molecule has 0 aliphatic rings. The average molecular weight is 234 g/mol. The van der Waals surface area contributed by atoms with Gasteiger partial charge in [0, 0.05) is 11.9 Å². The van der Waals surface area contributed by atoms with Crippen molar-refractivity contribution >= 4 is 17.9 Å². The van der Waals surface area contributed by atoms with E-state index in [4.69, 9.17) is 12.2 Å². The molecular weight excluding hydrogens is 216 g/mol. The van der Waals surface area contributed by atoms with Crippen LogP contribution in [0, 0.1) is 4.64 Å². The maximum absolute atomic E-state index is 5.40. The fraction of sp³-hybridized carbons (Fsp3) is 0.462. The molecule has 0 atom stereocenters. The molecule has 2 aromatic heterocycles. The highest BCUT2D eigenvalue weighted by Gasteiger charge is 2.09. The lowest BCUT2D eigenvalue weighted by Gasteiger charge is -2.09. The first-order valence-corrected chi connectivity index (χ1v) is 6.15. The largest absolute Gasteiger partial charge is 0.344 e. The minimum Gasteiger partial charge on any atom is -0.344 e. The highest BCUT2D eigenvalue weighted by molar-refractivity contribution is 7.71. The van der Waals surface area contributed by atoms with Gasteiger partial charge in [0.2, 0.25) is 0 Å². The summed E-state index contributed by atoms with van der Waals surface area (Å²) in [5.74, 6) is 0.986. The van der Waals surface area contributed by atoms with Crippen molar-refractivity contribution in [2.45, 2.75) is 39.5 Å². The van der Waals surface area contributed by atoms with Gasteiger partial charge < -0.3 is 4.98 Å². The van der Waals surface area contributed by atoms with Gasteiger partial charge in [-0.2, -0.15) is 0 Å². The Morgan fingerprint density at radius 3 is 2.44 bits per heavy atom. The van der Waals surface area contributed by atoms with Crippen molar-refractivity contribution < 1.29 is 0 Å². The summed E-state index contributed by atoms with van der Waals surface area (Å²) < 4.78 is 2.93. The van der Waals surface area contributed by atoms with E-state index in [0.29, 0.717) is 11.8 Å². The molecule has 2 aromatic rings. The molecule has 0 saturated heterocycles. The van der Waals surface area contributed by atoms with Crippen LogP contribution in [-0.4, -0.2) is 9.38 Å². The molecule has 3 heteroatoms. The van der Waals surface area contributed by atoms with Gasteiger partial charge in [-0.05, 0) is 29.5 Å². The maximum atomic E-state index is 5.40. The number of fused-ring (bicyclic) bond motifs is 1. The standard InChI is InChI=1S/C13H18N2S/c1-8(2)10-5-6-15-12(16)7-11(9(3)4)14-13(10)15/h5-9,14H,1-4H3. The Balaban J connectivity index is 2.76. The Hall–Kier alpha value is -1.09. The van der Waals surface area contributed by atoms with Gasteiger partial charge in [0.15, 0.2) is 0 Å². The van der Waals surface area contributed by atoms with Crippen LogP contribution >= 0.6 is 12.2 Å². The fourth-order valence-electron chi connectivity index (χ4n) is 1.92. The number of nitrogens with one attached hydrogen (secondary N) is 1. The zero-order chi connectivity index (χ0) is 11.9. The minimum atomic E-state index is 0.474. The van der Waals surface area contributed by atoms with Crippen molar-refractivity contribution in [3.8, 4) is 0 Å². The lowest BCUT2D eigenvalue weighted by molar-refractivity contribution is 0.810. The van der Waals surface area contributed by atoms with E-state index < -0.39 is 0 Å². The first-order chi connectivity index (χ1) is 7.50. The number of aromatic nitrogens is 2. The van der Waals surface area contributed by atoms with Gasteiger partial charge in [-0.25, -0.2) is 0 Å². The minimum absolute atomic E-state index is 0.474. The van der Waals surface area contributed by atoms with Gasteiger partial charge in [0.1, 0.15) is 10.3 Å². The van der Waals surface area contributed by atoms with E-state index in [1.165, 1.54) is 11.3 Å². The summed E-state index contributed by atoms with van der Waals surface area (Å²) in [7, 11) is 0. The van der Waals surface area contributed by atoms with Gasteiger partial charge in [0.25, 0.3) is 0 Å². The molecule has 2 nitrogen and oxygen atoms in total. The van der Waals surface area contributed by atoms with Crippen LogP contribution in [0.2, 0.25) is 0 Å². The van der Waals surface area contributed by atoms with Crippen LogP contribution in [0.15, 0.2) is 18.3 Å². The highest BCUT2D eigenvalue weighted by atomic mass is 32.1. The van der Waals surface area contributed by atoms with Crippen molar-refractivity contribution in [1.82, 2.24) is 9.38 Å². The lowest BCUT2D eigenvalue weighted by Crippen LogP contribution is -1.99. The van der Waals surface area contributed by atoms with Gasteiger partial charge >= 0.3 is 0 Å². The molecule has 0 unspecified atom stereocenters. The molecule has 86 valence electrons. The van der Waals surface area contributed by atoms with Crippen molar-refractivity contribution in [3.05, 3.63) is 34.2 Å². The lowest BCUT2D eigenvalue weighted by atomic mass is 10.1. The van der Waals surface area contributed by atoms with Crippen LogP contribution in [0.1, 0.15) is 50.8 Å². The summed E-state index contributed by atoms with van der Waals surface area (Å²) in [6.07, 6.45) is 2.05. The Kier molecular flexibility index (Phi) is 2.89. The third-order valence-electron chi connectivity index (χ3n) is 2.94. The fourth-order valence-corrected chi connectivity index (χ4v) is 2.19. The Bertz CT molecular complexity index is 561. The molecule has 0 saturated carbocycles. The second-order valence-corrected chi connectivity index (χ2v) is 5.28. The summed E-state index contributed by atoms with van der Waals surface area (Å²) in [5, 5.41) is 0. The number of nitrogens with zero attached hydrogens (tertiary/aromatic N) is 1. The second kappa shape index (κ2) is 4.06. The first-order valence-electron chi connectivity index (χ1n) is 5.75. The molecular formula is C13H18N2S. The number of hydrogen-bond acceptors (Lipinski definition) is 1. The summed E-state index contributed by atoms with van der Waals surface area (Å²) in [6, 6.07) is 4.20. The number of H-pyrrole nitrogens is 1. The molecule has 0 spiro atoms. The Morgan fingerprint density at radius 2 is 1.88 bits per heavy atom. The van der Waals surface area contributed by atoms with E-state index in [-0.39, 0.29) is 0 Å². The SMILES string of the molecule is CC(C)c1cc(=S)n2ccc(C(C)C)c2[nH]1. The molecule has 0 aliphatic heterocycles. The van der Waals surface area contributed by atoms with Crippen LogP contribution < -0.4 is 0 Å². The predicted octanol–water partition coefficient (Wildman–Crippen LogP) is 4.24. The molecule has 2 rings (SSSR count). The predicted molar refractivity (Wildman–Crippen MR) is 70.8 cm³/mol. The topological polar surface area (TPSA) is 20.2 Å². The molecule has 0 amide bonds. The molecule has 0 aromatic carbocycles. The van der Waals surface area contributed by atoms with E-state index in [1.54, 1.807) is 0 Å². The second-order valence-electron chi connectivity index (χ2n) is 4.86. The Morgan fingerprint density at radius 1 is 1.19 bits per heavy atom. The van der Waals surface area contributed by atoms with E-state index in [9.17, 15) is 0 Å². The summed E-state index contributed by atoms with van der Waals surface area (Å²) in [4.78, 5) is 3.49. The summed E-state index contributed by atoms with van der Waals surface area (Å²) in [6.45, 7) is 8.76. The number of aromatic amines is 1. The molecule has 0 aliphatic carbocycles. The van der Waals surface area contributed by atoms with Crippen LogP contribution in [0.3, 0.4) is 0 Å². The van der Waals surface area contributed by atoms with Crippen molar-refractivity contribution in [3.63, 3.8) is 0 Å². The van der Waals surface area contributed by atoms with Gasteiger partial charge in [-0.3, -0.25) is 4.40 Å². The third kappa shape index (κ3) is 1.80. The van der Waals surface area contributed by atoms with E-state index >= 15 is 0 Å². The van der Waals surface area contributed by atoms with Crippen molar-refractivity contribution in [1.29, 1.82) is 0 Å². The molecule has 0 radical (unpaired) electrons. The van der Waals surface area contributed by atoms with Crippen LogP contribution in [-0.2, 0) is 0 Å².